The minimum absolute atomic E-state index is 0.0903. The highest BCUT2D eigenvalue weighted by molar-refractivity contribution is 5.71. The fraction of sp³-hybridized carbons (Fsp3) is 0.825. The van der Waals surface area contributed by atoms with Gasteiger partial charge in [0.25, 0.3) is 0 Å². The smallest absolute Gasteiger partial charge is 0.306 e. The molecule has 6 nitrogen and oxygen atoms in total. The summed E-state index contributed by atoms with van der Waals surface area (Å²) in [5.41, 5.74) is 0. The van der Waals surface area contributed by atoms with Crippen molar-refractivity contribution in [1.82, 2.24) is 0 Å². The summed E-state index contributed by atoms with van der Waals surface area (Å²) in [5, 5.41) is 0. The summed E-state index contributed by atoms with van der Waals surface area (Å²) < 4.78 is 16.8. The van der Waals surface area contributed by atoms with E-state index in [-0.39, 0.29) is 37.5 Å². The first-order valence-electron chi connectivity index (χ1n) is 30.1. The lowest BCUT2D eigenvalue weighted by atomic mass is 10.0. The maximum atomic E-state index is 12.8. The SMILES string of the molecule is CC/C=C\C/C=C\C/C=C\C/C=C\CCC(=O)OCC(COC(=O)CCCCCCCCCCCCCCCCCCCCCCCCC)OC(=O)CCCCCCCCCCCCCCCCC. The van der Waals surface area contributed by atoms with Crippen molar-refractivity contribution in [3.8, 4) is 0 Å². The van der Waals surface area contributed by atoms with Crippen molar-refractivity contribution >= 4 is 17.9 Å². The van der Waals surface area contributed by atoms with Crippen molar-refractivity contribution in [3.63, 3.8) is 0 Å². The van der Waals surface area contributed by atoms with Crippen LogP contribution in [0.15, 0.2) is 48.6 Å². The quantitative estimate of drug-likeness (QED) is 0.0262. The van der Waals surface area contributed by atoms with Gasteiger partial charge in [0.05, 0.1) is 0 Å². The van der Waals surface area contributed by atoms with Gasteiger partial charge in [0.2, 0.25) is 0 Å². The van der Waals surface area contributed by atoms with Crippen LogP contribution < -0.4 is 0 Å². The molecule has 1 atom stereocenters. The number of esters is 3. The normalized spacial score (nSPS) is 12.3. The van der Waals surface area contributed by atoms with Crippen molar-refractivity contribution in [1.29, 1.82) is 0 Å². The summed E-state index contributed by atoms with van der Waals surface area (Å²) in [4.78, 5) is 38.1. The van der Waals surface area contributed by atoms with E-state index in [0.717, 1.165) is 64.2 Å². The van der Waals surface area contributed by atoms with Gasteiger partial charge < -0.3 is 14.2 Å². The highest BCUT2D eigenvalue weighted by Gasteiger charge is 2.19. The van der Waals surface area contributed by atoms with Crippen LogP contribution in [0.4, 0.5) is 0 Å². The van der Waals surface area contributed by atoms with Crippen LogP contribution in [0.25, 0.3) is 0 Å². The molecular weight excluding hydrogens is 853 g/mol. The lowest BCUT2D eigenvalue weighted by Gasteiger charge is -2.18. The molecule has 6 heteroatoms. The van der Waals surface area contributed by atoms with Crippen LogP contribution in [0.2, 0.25) is 0 Å². The minimum atomic E-state index is -0.798. The molecule has 0 aromatic rings. The molecule has 402 valence electrons. The molecule has 0 aliphatic heterocycles. The molecule has 0 saturated carbocycles. The Morgan fingerprint density at radius 2 is 0.565 bits per heavy atom. The Kier molecular flexibility index (Phi) is 55.7. The summed E-state index contributed by atoms with van der Waals surface area (Å²) in [6.07, 6.45) is 71.4. The predicted molar refractivity (Wildman–Crippen MR) is 298 cm³/mol. The fourth-order valence-corrected chi connectivity index (χ4v) is 8.87. The molecule has 0 aromatic heterocycles. The number of hydrogen-bond donors (Lipinski definition) is 0. The Labute approximate surface area is 428 Å². The van der Waals surface area contributed by atoms with Crippen molar-refractivity contribution < 1.29 is 28.6 Å². The summed E-state index contributed by atoms with van der Waals surface area (Å²) in [5.74, 6) is -0.957. The molecule has 0 aromatic carbocycles. The van der Waals surface area contributed by atoms with Crippen molar-refractivity contribution in [2.24, 2.45) is 0 Å². The number of allylic oxidation sites excluding steroid dienone is 8. The van der Waals surface area contributed by atoms with Gasteiger partial charge in [-0.25, -0.2) is 0 Å². The monoisotopic (exact) mass is 967 g/mol. The molecule has 1 unspecified atom stereocenters. The molecule has 0 fully saturated rings. The average molecular weight is 968 g/mol. The lowest BCUT2D eigenvalue weighted by molar-refractivity contribution is -0.166. The van der Waals surface area contributed by atoms with Crippen LogP contribution in [0.1, 0.15) is 316 Å². The molecule has 0 N–H and O–H groups in total. The highest BCUT2D eigenvalue weighted by Crippen LogP contribution is 2.17. The first-order chi connectivity index (χ1) is 34.0. The molecule has 0 spiro atoms. The van der Waals surface area contributed by atoms with Crippen LogP contribution in [0.3, 0.4) is 0 Å². The summed E-state index contributed by atoms with van der Waals surface area (Å²) >= 11 is 0. The summed E-state index contributed by atoms with van der Waals surface area (Å²) in [7, 11) is 0. The zero-order valence-corrected chi connectivity index (χ0v) is 46.1. The Bertz CT molecular complexity index is 1200. The number of rotatable bonds is 55. The Balaban J connectivity index is 4.29. The van der Waals surface area contributed by atoms with Crippen LogP contribution in [-0.4, -0.2) is 37.2 Å². The van der Waals surface area contributed by atoms with Crippen LogP contribution >= 0.6 is 0 Å². The zero-order chi connectivity index (χ0) is 50.0. The van der Waals surface area contributed by atoms with Gasteiger partial charge in [-0.3, -0.25) is 14.4 Å². The zero-order valence-electron chi connectivity index (χ0n) is 46.1. The first kappa shape index (κ1) is 66.4. The van der Waals surface area contributed by atoms with Gasteiger partial charge in [-0.05, 0) is 44.9 Å². The van der Waals surface area contributed by atoms with Crippen LogP contribution in [0.5, 0.6) is 0 Å². The van der Waals surface area contributed by atoms with Gasteiger partial charge in [0, 0.05) is 19.3 Å². The summed E-state index contributed by atoms with van der Waals surface area (Å²) in [6, 6.07) is 0. The van der Waals surface area contributed by atoms with E-state index in [1.165, 1.54) is 205 Å². The topological polar surface area (TPSA) is 78.9 Å². The van der Waals surface area contributed by atoms with E-state index in [9.17, 15) is 14.4 Å². The molecule has 0 saturated heterocycles. The largest absolute Gasteiger partial charge is 0.462 e. The second kappa shape index (κ2) is 57.9. The Hall–Kier alpha value is -2.63. The van der Waals surface area contributed by atoms with E-state index < -0.39 is 6.10 Å². The van der Waals surface area contributed by atoms with Crippen LogP contribution in [0, 0.1) is 0 Å². The third-order valence-corrected chi connectivity index (χ3v) is 13.4. The van der Waals surface area contributed by atoms with Gasteiger partial charge in [0.1, 0.15) is 13.2 Å². The second-order valence-electron chi connectivity index (χ2n) is 20.2. The van der Waals surface area contributed by atoms with E-state index in [0.29, 0.717) is 19.3 Å². The molecule has 0 radical (unpaired) electrons. The average Bonchev–Trinajstić information content (AvgIpc) is 3.35. The molecule has 0 aliphatic rings. The van der Waals surface area contributed by atoms with E-state index in [1.807, 2.05) is 6.08 Å². The van der Waals surface area contributed by atoms with Gasteiger partial charge >= 0.3 is 17.9 Å². The number of carbonyl (C=O) groups excluding carboxylic acids is 3. The van der Waals surface area contributed by atoms with Gasteiger partial charge in [-0.1, -0.05) is 301 Å². The molecular formula is C63H114O6. The molecule has 0 aliphatic carbocycles. The van der Waals surface area contributed by atoms with Gasteiger partial charge in [-0.15, -0.1) is 0 Å². The van der Waals surface area contributed by atoms with E-state index in [4.69, 9.17) is 14.2 Å². The lowest BCUT2D eigenvalue weighted by Crippen LogP contribution is -2.30. The Morgan fingerprint density at radius 1 is 0.304 bits per heavy atom. The summed E-state index contributed by atoms with van der Waals surface area (Å²) in [6.45, 7) is 6.51. The standard InChI is InChI=1S/C63H114O6/c1-4-7-10-13-16-19-22-25-27-28-29-30-31-32-33-34-36-38-41-44-47-50-53-56-62(65)68-59-60(58-67-61(64)55-52-49-46-43-40-37-24-21-18-15-12-9-6-3)69-63(66)57-54-51-48-45-42-39-35-26-23-20-17-14-11-8-5-2/h9,12,18,21,37,40,46,49,60H,4-8,10-11,13-17,19-20,22-36,38-39,41-45,47-48,50-59H2,1-3H3/b12-9-,21-18-,40-37-,49-46-. The van der Waals surface area contributed by atoms with Gasteiger partial charge in [-0.2, -0.15) is 0 Å². The maximum absolute atomic E-state index is 12.8. The van der Waals surface area contributed by atoms with Gasteiger partial charge in [0.15, 0.2) is 6.10 Å². The fourth-order valence-electron chi connectivity index (χ4n) is 8.87. The third-order valence-electron chi connectivity index (χ3n) is 13.4. The van der Waals surface area contributed by atoms with Crippen molar-refractivity contribution in [2.45, 2.75) is 322 Å². The number of carbonyl (C=O) groups is 3. The third kappa shape index (κ3) is 56.2. The predicted octanol–water partition coefficient (Wildman–Crippen LogP) is 20.2. The van der Waals surface area contributed by atoms with E-state index >= 15 is 0 Å². The number of unbranched alkanes of at least 4 members (excludes halogenated alkanes) is 36. The van der Waals surface area contributed by atoms with E-state index in [1.54, 1.807) is 0 Å². The minimum Gasteiger partial charge on any atom is -0.462 e. The van der Waals surface area contributed by atoms with E-state index in [2.05, 4.69) is 63.3 Å². The first-order valence-corrected chi connectivity index (χ1v) is 30.1. The molecule has 0 bridgehead atoms. The highest BCUT2D eigenvalue weighted by atomic mass is 16.6. The number of hydrogen-bond acceptors (Lipinski definition) is 6. The van der Waals surface area contributed by atoms with Crippen LogP contribution in [-0.2, 0) is 28.6 Å². The second-order valence-corrected chi connectivity index (χ2v) is 20.2. The maximum Gasteiger partial charge on any atom is 0.306 e. The number of ether oxygens (including phenoxy) is 3. The molecule has 0 heterocycles. The molecule has 0 rings (SSSR count). The molecule has 69 heavy (non-hydrogen) atoms. The Morgan fingerprint density at radius 3 is 0.884 bits per heavy atom. The van der Waals surface area contributed by atoms with Crippen molar-refractivity contribution in [2.75, 3.05) is 13.2 Å². The van der Waals surface area contributed by atoms with Crippen molar-refractivity contribution in [3.05, 3.63) is 48.6 Å². The molecule has 0 amide bonds.